The zero-order valence-electron chi connectivity index (χ0n) is 6.34. The molecule has 2 rings (SSSR count). The van der Waals surface area contributed by atoms with E-state index in [4.69, 9.17) is 4.42 Å². The SMILES string of the molecule is O=[N+]([O-])c1ccsc1-c1ncco1. The molecule has 0 N–H and O–H groups in total. The fourth-order valence-corrected chi connectivity index (χ4v) is 1.74. The van der Waals surface area contributed by atoms with E-state index in [1.165, 1.54) is 29.9 Å². The first-order valence-corrected chi connectivity index (χ1v) is 4.29. The van der Waals surface area contributed by atoms with Gasteiger partial charge in [0.2, 0.25) is 5.89 Å². The lowest BCUT2D eigenvalue weighted by atomic mass is 10.4. The van der Waals surface area contributed by atoms with Crippen LogP contribution in [0.3, 0.4) is 0 Å². The molecule has 0 spiro atoms. The average molecular weight is 196 g/mol. The molecule has 0 aliphatic rings. The van der Waals surface area contributed by atoms with Gasteiger partial charge in [-0.2, -0.15) is 0 Å². The Labute approximate surface area is 76.8 Å². The number of nitro groups is 1. The van der Waals surface area contributed by atoms with Crippen LogP contribution < -0.4 is 0 Å². The van der Waals surface area contributed by atoms with Crippen LogP contribution in [-0.4, -0.2) is 9.91 Å². The van der Waals surface area contributed by atoms with Crippen molar-refractivity contribution < 1.29 is 9.34 Å². The number of hydrogen-bond donors (Lipinski definition) is 0. The van der Waals surface area contributed by atoms with Gasteiger partial charge in [-0.05, 0) is 5.38 Å². The molecule has 66 valence electrons. The van der Waals surface area contributed by atoms with Crippen molar-refractivity contribution in [2.45, 2.75) is 0 Å². The molecule has 13 heavy (non-hydrogen) atoms. The molecule has 0 radical (unpaired) electrons. The second-order valence-corrected chi connectivity index (χ2v) is 3.15. The first kappa shape index (κ1) is 7.93. The lowest BCUT2D eigenvalue weighted by Gasteiger charge is -1.89. The molecule has 0 saturated heterocycles. The minimum Gasteiger partial charge on any atom is -0.444 e. The van der Waals surface area contributed by atoms with Gasteiger partial charge in [0.05, 0.1) is 11.1 Å². The van der Waals surface area contributed by atoms with Crippen LogP contribution in [0.4, 0.5) is 5.69 Å². The lowest BCUT2D eigenvalue weighted by molar-refractivity contribution is -0.383. The van der Waals surface area contributed by atoms with Gasteiger partial charge in [0, 0.05) is 6.07 Å². The quantitative estimate of drug-likeness (QED) is 0.545. The average Bonchev–Trinajstić information content (AvgIpc) is 2.74. The standard InChI is InChI=1S/C7H4N2O3S/c10-9(11)5-1-4-13-6(5)7-8-2-3-12-7/h1-4H. The highest BCUT2D eigenvalue weighted by molar-refractivity contribution is 7.14. The van der Waals surface area contributed by atoms with Gasteiger partial charge in [-0.1, -0.05) is 0 Å². The van der Waals surface area contributed by atoms with Gasteiger partial charge in [0.15, 0.2) is 4.88 Å². The predicted molar refractivity (Wildman–Crippen MR) is 46.5 cm³/mol. The van der Waals surface area contributed by atoms with Gasteiger partial charge in [-0.25, -0.2) is 4.98 Å². The topological polar surface area (TPSA) is 69.2 Å². The number of rotatable bonds is 2. The predicted octanol–water partition coefficient (Wildman–Crippen LogP) is 2.31. The Morgan fingerprint density at radius 3 is 3.08 bits per heavy atom. The van der Waals surface area contributed by atoms with Crippen molar-refractivity contribution in [2.24, 2.45) is 0 Å². The maximum Gasteiger partial charge on any atom is 0.292 e. The molecule has 2 aromatic heterocycles. The number of nitrogens with zero attached hydrogens (tertiary/aromatic N) is 2. The van der Waals surface area contributed by atoms with Crippen molar-refractivity contribution in [1.29, 1.82) is 0 Å². The Hall–Kier alpha value is -1.69. The molecule has 0 unspecified atom stereocenters. The van der Waals surface area contributed by atoms with E-state index < -0.39 is 4.92 Å². The first-order valence-electron chi connectivity index (χ1n) is 3.41. The highest BCUT2D eigenvalue weighted by Gasteiger charge is 2.19. The molecule has 0 saturated carbocycles. The second kappa shape index (κ2) is 2.98. The summed E-state index contributed by atoms with van der Waals surface area (Å²) in [5, 5.41) is 12.2. The molecule has 0 aliphatic heterocycles. The van der Waals surface area contributed by atoms with Crippen LogP contribution in [0.25, 0.3) is 10.8 Å². The van der Waals surface area contributed by atoms with Gasteiger partial charge < -0.3 is 4.42 Å². The van der Waals surface area contributed by atoms with E-state index in [0.29, 0.717) is 10.8 Å². The minimum atomic E-state index is -0.448. The van der Waals surface area contributed by atoms with Gasteiger partial charge >= 0.3 is 0 Å². The largest absolute Gasteiger partial charge is 0.444 e. The van der Waals surface area contributed by atoms with Crippen LogP contribution in [0.1, 0.15) is 0 Å². The third kappa shape index (κ3) is 1.31. The zero-order valence-corrected chi connectivity index (χ0v) is 7.15. The summed E-state index contributed by atoms with van der Waals surface area (Å²) in [5.74, 6) is 0.293. The monoisotopic (exact) mass is 196 g/mol. The van der Waals surface area contributed by atoms with Gasteiger partial charge in [0.25, 0.3) is 5.69 Å². The van der Waals surface area contributed by atoms with Crippen molar-refractivity contribution in [2.75, 3.05) is 0 Å². The molecule has 0 aromatic carbocycles. The van der Waals surface area contributed by atoms with Crippen LogP contribution in [0.15, 0.2) is 28.3 Å². The summed E-state index contributed by atoms with van der Waals surface area (Å²) in [5.41, 5.74) is 0.0347. The summed E-state index contributed by atoms with van der Waals surface area (Å²) < 4.78 is 4.96. The molecule has 0 bridgehead atoms. The highest BCUT2D eigenvalue weighted by atomic mass is 32.1. The summed E-state index contributed by atoms with van der Waals surface area (Å²) in [6, 6.07) is 1.43. The van der Waals surface area contributed by atoms with Crippen molar-refractivity contribution in [3.63, 3.8) is 0 Å². The van der Waals surface area contributed by atoms with Crippen LogP contribution in [0.5, 0.6) is 0 Å². The van der Waals surface area contributed by atoms with E-state index in [1.54, 1.807) is 5.38 Å². The lowest BCUT2D eigenvalue weighted by Crippen LogP contribution is -1.86. The number of hydrogen-bond acceptors (Lipinski definition) is 5. The normalized spacial score (nSPS) is 10.2. The van der Waals surface area contributed by atoms with Crippen molar-refractivity contribution >= 4 is 17.0 Å². The zero-order chi connectivity index (χ0) is 9.26. The first-order chi connectivity index (χ1) is 6.29. The molecule has 0 amide bonds. The maximum absolute atomic E-state index is 10.5. The van der Waals surface area contributed by atoms with E-state index in [-0.39, 0.29) is 5.69 Å². The fourth-order valence-electron chi connectivity index (χ4n) is 0.942. The Morgan fingerprint density at radius 2 is 2.46 bits per heavy atom. The summed E-state index contributed by atoms with van der Waals surface area (Å²) in [4.78, 5) is 14.4. The van der Waals surface area contributed by atoms with E-state index in [0.717, 1.165) is 0 Å². The second-order valence-electron chi connectivity index (χ2n) is 2.23. The van der Waals surface area contributed by atoms with E-state index in [9.17, 15) is 10.1 Å². The molecule has 0 fully saturated rings. The van der Waals surface area contributed by atoms with Crippen molar-refractivity contribution in [1.82, 2.24) is 4.98 Å². The van der Waals surface area contributed by atoms with Crippen LogP contribution in [0.2, 0.25) is 0 Å². The Morgan fingerprint density at radius 1 is 1.62 bits per heavy atom. The molecule has 6 heteroatoms. The Bertz CT molecular complexity index is 421. The molecule has 0 aliphatic carbocycles. The molecular formula is C7H4N2O3S. The number of thiophene rings is 1. The fraction of sp³-hybridized carbons (Fsp3) is 0. The van der Waals surface area contributed by atoms with Gasteiger partial charge in [-0.3, -0.25) is 10.1 Å². The molecule has 5 nitrogen and oxygen atoms in total. The summed E-state index contributed by atoms with van der Waals surface area (Å²) in [7, 11) is 0. The molecule has 2 aromatic rings. The van der Waals surface area contributed by atoms with Crippen molar-refractivity contribution in [3.05, 3.63) is 34.0 Å². The minimum absolute atomic E-state index is 0.0347. The van der Waals surface area contributed by atoms with Gasteiger partial charge in [-0.15, -0.1) is 11.3 Å². The van der Waals surface area contributed by atoms with Gasteiger partial charge in [0.1, 0.15) is 6.26 Å². The van der Waals surface area contributed by atoms with E-state index >= 15 is 0 Å². The number of oxazole rings is 1. The third-order valence-corrected chi connectivity index (χ3v) is 2.36. The summed E-state index contributed by atoms with van der Waals surface area (Å²) in [6.07, 6.45) is 2.84. The molecular weight excluding hydrogens is 192 g/mol. The third-order valence-electron chi connectivity index (χ3n) is 1.47. The molecule has 2 heterocycles. The highest BCUT2D eigenvalue weighted by Crippen LogP contribution is 2.33. The summed E-state index contributed by atoms with van der Waals surface area (Å²) in [6.45, 7) is 0. The summed E-state index contributed by atoms with van der Waals surface area (Å²) >= 11 is 1.24. The number of aromatic nitrogens is 1. The maximum atomic E-state index is 10.5. The van der Waals surface area contributed by atoms with Crippen LogP contribution >= 0.6 is 11.3 Å². The smallest absolute Gasteiger partial charge is 0.292 e. The Balaban J connectivity index is 2.52. The van der Waals surface area contributed by atoms with Crippen LogP contribution in [0, 0.1) is 10.1 Å². The van der Waals surface area contributed by atoms with E-state index in [1.807, 2.05) is 0 Å². The van der Waals surface area contributed by atoms with Crippen molar-refractivity contribution in [3.8, 4) is 10.8 Å². The van der Waals surface area contributed by atoms with E-state index in [2.05, 4.69) is 4.98 Å². The Kier molecular flexibility index (Phi) is 1.82. The van der Waals surface area contributed by atoms with Crippen LogP contribution in [-0.2, 0) is 0 Å². The molecule has 0 atom stereocenters.